The fraction of sp³-hybridized carbons (Fsp3) is 0.476. The van der Waals surface area contributed by atoms with Gasteiger partial charge in [-0.25, -0.2) is 0 Å². The first-order valence-electron chi connectivity index (χ1n) is 19.8. The number of benzene rings is 3. The molecule has 4 heterocycles. The lowest BCUT2D eigenvalue weighted by Crippen LogP contribution is -2.45. The van der Waals surface area contributed by atoms with Gasteiger partial charge in [0, 0.05) is 41.5 Å². The summed E-state index contributed by atoms with van der Waals surface area (Å²) in [5.74, 6) is -1.58. The topological polar surface area (TPSA) is 152 Å². The maximum atomic E-state index is 16.6. The van der Waals surface area contributed by atoms with Crippen molar-refractivity contribution in [1.29, 1.82) is 0 Å². The fourth-order valence-electron chi connectivity index (χ4n) is 9.15. The van der Waals surface area contributed by atoms with Crippen molar-refractivity contribution in [2.24, 2.45) is 5.92 Å². The minimum Gasteiger partial charge on any atom is -0.395 e. The second-order valence-electron chi connectivity index (χ2n) is 16.1. The summed E-state index contributed by atoms with van der Waals surface area (Å²) in [7, 11) is -3.61. The molecular weight excluding hydrogens is 732 g/mol. The van der Waals surface area contributed by atoms with Crippen LogP contribution in [0.5, 0.6) is 0 Å². The van der Waals surface area contributed by atoms with Crippen molar-refractivity contribution in [2.45, 2.75) is 94.5 Å². The first kappa shape index (κ1) is 39.8. The quantitative estimate of drug-likeness (QED) is 0.123. The predicted octanol–water partition coefficient (Wildman–Crippen LogP) is 4.80. The zero-order valence-corrected chi connectivity index (χ0v) is 33.4. The zero-order valence-electron chi connectivity index (χ0n) is 32.4. The van der Waals surface area contributed by atoms with E-state index in [1.165, 1.54) is 0 Å². The molecule has 56 heavy (non-hydrogen) atoms. The molecule has 3 aromatic carbocycles. The van der Waals surface area contributed by atoms with Gasteiger partial charge in [-0.15, -0.1) is 0 Å². The number of nitrogens with one attached hydrogen (secondary N) is 4. The van der Waals surface area contributed by atoms with Gasteiger partial charge in [-0.05, 0) is 93.3 Å². The zero-order chi connectivity index (χ0) is 39.6. The summed E-state index contributed by atoms with van der Waals surface area (Å²) in [5.41, 5.74) is 1.59. The van der Waals surface area contributed by atoms with E-state index in [-0.39, 0.29) is 68.4 Å². The standard InChI is InChI=1S/C42H53FN6O6Si/c1-27-38(56(2,3)43)36(24-37(51)48(21-22-50)25-28-9-5-4-6-10-28)55-42(27)32-23-31(47-40(53)34-12-8-20-45-34)17-18-35(32)49(41(42)54)26-29-13-15-30(16-14-29)46-39(52)33-11-7-19-44-33/h4-6,9-10,13-18,23,27,33-34,36,38,44-45,50H,7-8,11-12,19-22,24-26H2,1-3H3,(H,46,52)(H,47,53)/t27-,33-,34-,36+,38-,42+/m1/s1. The first-order valence-corrected chi connectivity index (χ1v) is 22.8. The largest absolute Gasteiger partial charge is 0.395 e. The molecule has 1 spiro atoms. The molecule has 4 amide bonds. The summed E-state index contributed by atoms with van der Waals surface area (Å²) in [6.07, 6.45) is 2.28. The monoisotopic (exact) mass is 784 g/mol. The molecule has 298 valence electrons. The van der Waals surface area contributed by atoms with E-state index in [2.05, 4.69) is 21.3 Å². The summed E-state index contributed by atoms with van der Waals surface area (Å²) in [4.78, 5) is 58.3. The van der Waals surface area contributed by atoms with E-state index < -0.39 is 31.6 Å². The van der Waals surface area contributed by atoms with Gasteiger partial charge in [0.15, 0.2) is 5.60 Å². The lowest BCUT2D eigenvalue weighted by molar-refractivity contribution is -0.150. The molecule has 3 aromatic rings. The van der Waals surface area contributed by atoms with Crippen LogP contribution in [-0.4, -0.2) is 86.5 Å². The van der Waals surface area contributed by atoms with E-state index >= 15 is 8.90 Å². The molecule has 6 atom stereocenters. The Labute approximate surface area is 328 Å². The number of hydrogen-bond acceptors (Lipinski definition) is 8. The third kappa shape index (κ3) is 8.03. The van der Waals surface area contributed by atoms with Gasteiger partial charge in [0.1, 0.15) is 0 Å². The molecule has 4 aliphatic rings. The Morgan fingerprint density at radius 1 is 0.929 bits per heavy atom. The average molecular weight is 785 g/mol. The highest BCUT2D eigenvalue weighted by Gasteiger charge is 2.67. The number of amides is 4. The minimum absolute atomic E-state index is 0.0821. The van der Waals surface area contributed by atoms with E-state index in [0.29, 0.717) is 22.6 Å². The highest BCUT2D eigenvalue weighted by molar-refractivity contribution is 6.72. The van der Waals surface area contributed by atoms with Crippen LogP contribution in [0, 0.1) is 5.92 Å². The second kappa shape index (κ2) is 16.6. The number of aliphatic hydroxyl groups excluding tert-OH is 1. The Balaban J connectivity index is 1.20. The van der Waals surface area contributed by atoms with E-state index in [4.69, 9.17) is 4.74 Å². The number of carbonyl (C=O) groups is 4. The molecule has 3 saturated heterocycles. The fourth-order valence-corrected chi connectivity index (χ4v) is 11.6. The second-order valence-corrected chi connectivity index (χ2v) is 19.9. The van der Waals surface area contributed by atoms with Crippen LogP contribution in [0.15, 0.2) is 72.8 Å². The van der Waals surface area contributed by atoms with Crippen molar-refractivity contribution in [3.8, 4) is 0 Å². The van der Waals surface area contributed by atoms with Gasteiger partial charge in [0.05, 0.1) is 43.4 Å². The van der Waals surface area contributed by atoms with Gasteiger partial charge in [-0.2, -0.15) is 0 Å². The van der Waals surface area contributed by atoms with Gasteiger partial charge in [0.2, 0.25) is 26.1 Å². The smallest absolute Gasteiger partial charge is 0.264 e. The molecule has 0 saturated carbocycles. The lowest BCUT2D eigenvalue weighted by Gasteiger charge is -2.31. The van der Waals surface area contributed by atoms with Crippen molar-refractivity contribution in [1.82, 2.24) is 15.5 Å². The summed E-state index contributed by atoms with van der Waals surface area (Å²) in [6, 6.07) is 21.6. The van der Waals surface area contributed by atoms with E-state index in [0.717, 1.165) is 49.9 Å². The predicted molar refractivity (Wildman–Crippen MR) is 215 cm³/mol. The van der Waals surface area contributed by atoms with Crippen molar-refractivity contribution in [3.63, 3.8) is 0 Å². The maximum Gasteiger partial charge on any atom is 0.264 e. The van der Waals surface area contributed by atoms with Crippen LogP contribution in [0.1, 0.15) is 55.7 Å². The molecule has 0 aliphatic carbocycles. The molecule has 4 aliphatic heterocycles. The Morgan fingerprint density at radius 2 is 1.55 bits per heavy atom. The molecule has 7 rings (SSSR count). The summed E-state index contributed by atoms with van der Waals surface area (Å²) in [6.45, 7) is 6.90. The molecule has 14 heteroatoms. The summed E-state index contributed by atoms with van der Waals surface area (Å²) >= 11 is 0. The van der Waals surface area contributed by atoms with E-state index in [1.54, 1.807) is 41.1 Å². The van der Waals surface area contributed by atoms with Crippen molar-refractivity contribution in [3.05, 3.63) is 89.5 Å². The Morgan fingerprint density at radius 3 is 2.14 bits per heavy atom. The number of aliphatic hydroxyl groups is 1. The number of rotatable bonds is 13. The van der Waals surface area contributed by atoms with E-state index in [9.17, 15) is 19.5 Å². The first-order chi connectivity index (χ1) is 26.9. The van der Waals surface area contributed by atoms with Gasteiger partial charge in [0.25, 0.3) is 5.91 Å². The Kier molecular flexibility index (Phi) is 11.8. The molecule has 12 nitrogen and oxygen atoms in total. The maximum absolute atomic E-state index is 16.6. The number of anilines is 3. The van der Waals surface area contributed by atoms with Crippen molar-refractivity contribution < 1.29 is 33.1 Å². The van der Waals surface area contributed by atoms with Crippen LogP contribution in [-0.2, 0) is 42.6 Å². The molecule has 0 aromatic heterocycles. The number of ether oxygens (including phenoxy) is 1. The molecule has 0 radical (unpaired) electrons. The van der Waals surface area contributed by atoms with Gasteiger partial charge < -0.3 is 45.0 Å². The molecule has 3 fully saturated rings. The minimum atomic E-state index is -3.61. The normalized spacial score (nSPS) is 25.8. The highest BCUT2D eigenvalue weighted by atomic mass is 28.4. The molecule has 0 bridgehead atoms. The summed E-state index contributed by atoms with van der Waals surface area (Å²) < 4.78 is 23.6. The number of carbonyl (C=O) groups excluding carboxylic acids is 4. The molecule has 5 N–H and O–H groups in total. The lowest BCUT2D eigenvalue weighted by atomic mass is 9.82. The van der Waals surface area contributed by atoms with Crippen LogP contribution in [0.4, 0.5) is 21.2 Å². The summed E-state index contributed by atoms with van der Waals surface area (Å²) in [5, 5.41) is 22.3. The van der Waals surface area contributed by atoms with Crippen molar-refractivity contribution in [2.75, 3.05) is 41.8 Å². The highest BCUT2D eigenvalue weighted by Crippen LogP contribution is 2.60. The number of fused-ring (bicyclic) bond motifs is 2. The Bertz CT molecular complexity index is 1920. The van der Waals surface area contributed by atoms with E-state index in [1.807, 2.05) is 61.5 Å². The van der Waals surface area contributed by atoms with Crippen LogP contribution in [0.25, 0.3) is 0 Å². The van der Waals surface area contributed by atoms with Gasteiger partial charge >= 0.3 is 0 Å². The van der Waals surface area contributed by atoms with Crippen LogP contribution in [0.2, 0.25) is 18.6 Å². The van der Waals surface area contributed by atoms with Gasteiger partial charge in [-0.3, -0.25) is 19.2 Å². The Hall–Kier alpha value is -4.47. The number of hydrogen-bond donors (Lipinski definition) is 5. The number of halogens is 1. The van der Waals surface area contributed by atoms with Gasteiger partial charge in [-0.1, -0.05) is 49.4 Å². The average Bonchev–Trinajstić information content (AvgIpc) is 3.99. The van der Waals surface area contributed by atoms with Crippen LogP contribution >= 0.6 is 0 Å². The number of nitrogens with zero attached hydrogens (tertiary/aromatic N) is 2. The van der Waals surface area contributed by atoms with Crippen LogP contribution in [0.3, 0.4) is 0 Å². The molecule has 0 unspecified atom stereocenters. The SMILES string of the molecule is C[C@@H]1[C@@H]([Si](C)(C)F)[C@H](CC(=O)N(CCO)Cc2ccccc2)O[C@@]12C(=O)N(Cc1ccc(NC(=O)[C@H]3CCCN3)cc1)c1ccc(NC(=O)[C@H]3CCCN3)cc12. The third-order valence-corrected chi connectivity index (χ3v) is 14.3. The molecular formula is C42H53FN6O6Si. The van der Waals surface area contributed by atoms with Crippen LogP contribution < -0.4 is 26.2 Å². The third-order valence-electron chi connectivity index (χ3n) is 11.9. The van der Waals surface area contributed by atoms with Crippen molar-refractivity contribution >= 4 is 49.1 Å².